The Labute approximate surface area is 159 Å². The lowest BCUT2D eigenvalue weighted by Crippen LogP contribution is -2.18. The van der Waals surface area contributed by atoms with E-state index in [1.165, 1.54) is 12.1 Å². The number of nitrogens with two attached hydrogens (primary N) is 1. The van der Waals surface area contributed by atoms with Crippen LogP contribution < -0.4 is 5.73 Å². The molecule has 0 saturated carbocycles. The van der Waals surface area contributed by atoms with E-state index in [-0.39, 0.29) is 28.5 Å². The topological polar surface area (TPSA) is 95.9 Å². The molecule has 0 spiro atoms. The van der Waals surface area contributed by atoms with Crippen LogP contribution in [-0.4, -0.2) is 32.3 Å². The summed E-state index contributed by atoms with van der Waals surface area (Å²) in [5, 5.41) is 4.81. The Morgan fingerprint density at radius 3 is 3.04 bits per heavy atom. The van der Waals surface area contributed by atoms with Crippen molar-refractivity contribution >= 4 is 28.4 Å². The van der Waals surface area contributed by atoms with Crippen LogP contribution in [-0.2, 0) is 4.74 Å². The van der Waals surface area contributed by atoms with Gasteiger partial charge in [0.2, 0.25) is 5.28 Å². The normalized spacial score (nSPS) is 19.7. The summed E-state index contributed by atoms with van der Waals surface area (Å²) >= 11 is 5.98. The van der Waals surface area contributed by atoms with Crippen LogP contribution in [0.1, 0.15) is 45.7 Å². The van der Waals surface area contributed by atoms with Gasteiger partial charge in [-0.25, -0.2) is 14.6 Å². The Kier molecular flexibility index (Phi) is 3.50. The highest BCUT2D eigenvalue weighted by molar-refractivity contribution is 6.28. The van der Waals surface area contributed by atoms with E-state index in [1.807, 2.05) is 0 Å². The highest BCUT2D eigenvalue weighted by atomic mass is 35.5. The average Bonchev–Trinajstić information content (AvgIpc) is 3.10. The summed E-state index contributed by atoms with van der Waals surface area (Å²) in [6, 6.07) is 4.57. The summed E-state index contributed by atoms with van der Waals surface area (Å²) in [6.07, 6.45) is 4.20. The number of carbonyl (C=O) groups excluding carboxylic acids is 1. The molecule has 7 nitrogen and oxygen atoms in total. The zero-order valence-corrected chi connectivity index (χ0v) is 14.5. The molecule has 4 rings (SSSR count). The molecular weight excluding hydrogens is 354 g/mol. The molecule has 1 aliphatic heterocycles. The summed E-state index contributed by atoms with van der Waals surface area (Å²) in [5.74, 6) is -0.788. The van der Waals surface area contributed by atoms with Crippen LogP contribution >= 0.6 is 11.6 Å². The zero-order valence-electron chi connectivity index (χ0n) is 16.8. The van der Waals surface area contributed by atoms with E-state index in [0.29, 0.717) is 23.1 Å². The van der Waals surface area contributed by atoms with Gasteiger partial charge in [-0.1, -0.05) is 6.07 Å². The van der Waals surface area contributed by atoms with Crippen molar-refractivity contribution in [2.45, 2.75) is 32.3 Å². The maximum absolute atomic E-state index is 11.6. The zero-order chi connectivity index (χ0) is 20.8. The van der Waals surface area contributed by atoms with E-state index < -0.39 is 12.8 Å². The minimum absolute atomic E-state index is 0.0688. The molecule has 1 unspecified atom stereocenters. The van der Waals surface area contributed by atoms with Crippen molar-refractivity contribution < 1.29 is 13.6 Å². The van der Waals surface area contributed by atoms with Crippen molar-refractivity contribution in [1.29, 1.82) is 0 Å². The standard InChI is InChI=1S/C18H18ClN5O2/c1-10-5-6-14-11(9-21-24(14)15-4-2-3-7-26-15)16(10)12-8-13(17(20)25)23-18(19)22-12/h5-6,8-9,15H,2-4,7H2,1H3,(H2,20,25)/i1D3. The minimum Gasteiger partial charge on any atom is -0.364 e. The number of carbonyl (C=O) groups is 1. The maximum atomic E-state index is 11.6. The first-order chi connectivity index (χ1) is 13.8. The van der Waals surface area contributed by atoms with Gasteiger partial charge < -0.3 is 10.5 Å². The number of benzene rings is 1. The van der Waals surface area contributed by atoms with E-state index in [9.17, 15) is 4.79 Å². The number of aryl methyl sites for hydroxylation is 1. The third-order valence-electron chi connectivity index (χ3n) is 4.42. The minimum atomic E-state index is -2.42. The van der Waals surface area contributed by atoms with Gasteiger partial charge in [0.05, 0.1) is 17.4 Å². The number of amides is 1. The molecular formula is C18H18ClN5O2. The van der Waals surface area contributed by atoms with Gasteiger partial charge in [0.1, 0.15) is 5.69 Å². The molecule has 1 atom stereocenters. The van der Waals surface area contributed by atoms with E-state index in [2.05, 4.69) is 15.1 Å². The maximum Gasteiger partial charge on any atom is 0.267 e. The number of fused-ring (bicyclic) bond motifs is 1. The number of nitrogens with zero attached hydrogens (tertiary/aromatic N) is 4. The van der Waals surface area contributed by atoms with Crippen molar-refractivity contribution in [3.8, 4) is 11.3 Å². The number of aromatic nitrogens is 4. The fraction of sp³-hybridized carbons (Fsp3) is 0.333. The molecule has 2 N–H and O–H groups in total. The van der Waals surface area contributed by atoms with Gasteiger partial charge in [0.15, 0.2) is 6.23 Å². The Balaban J connectivity index is 1.98. The van der Waals surface area contributed by atoms with Crippen LogP contribution in [0.4, 0.5) is 0 Å². The molecule has 3 aromatic rings. The number of rotatable bonds is 3. The van der Waals surface area contributed by atoms with E-state index in [1.54, 1.807) is 16.9 Å². The Morgan fingerprint density at radius 2 is 2.31 bits per heavy atom. The van der Waals surface area contributed by atoms with Crippen LogP contribution in [0.3, 0.4) is 0 Å². The summed E-state index contributed by atoms with van der Waals surface area (Å²) in [5.41, 5.74) is 6.52. The van der Waals surface area contributed by atoms with Gasteiger partial charge in [0.25, 0.3) is 5.91 Å². The predicted octanol–water partition coefficient (Wildman–Crippen LogP) is 3.25. The smallest absolute Gasteiger partial charge is 0.267 e. The van der Waals surface area contributed by atoms with Crippen LogP contribution in [0, 0.1) is 6.85 Å². The summed E-state index contributed by atoms with van der Waals surface area (Å²) < 4.78 is 31.4. The number of hydrogen-bond acceptors (Lipinski definition) is 5. The van der Waals surface area contributed by atoms with Crippen molar-refractivity contribution in [3.63, 3.8) is 0 Å². The first-order valence-corrected chi connectivity index (χ1v) is 8.60. The number of hydrogen-bond donors (Lipinski definition) is 1. The average molecular weight is 375 g/mol. The Morgan fingerprint density at radius 1 is 1.42 bits per heavy atom. The third-order valence-corrected chi connectivity index (χ3v) is 4.59. The molecule has 0 bridgehead atoms. The molecule has 26 heavy (non-hydrogen) atoms. The molecule has 134 valence electrons. The van der Waals surface area contributed by atoms with Crippen molar-refractivity contribution in [3.05, 3.63) is 40.9 Å². The lowest BCUT2D eigenvalue weighted by atomic mass is 10.0. The first-order valence-electron chi connectivity index (χ1n) is 9.73. The largest absolute Gasteiger partial charge is 0.364 e. The van der Waals surface area contributed by atoms with E-state index >= 15 is 0 Å². The summed E-state index contributed by atoms with van der Waals surface area (Å²) in [4.78, 5) is 19.6. The lowest BCUT2D eigenvalue weighted by molar-refractivity contribution is -0.0366. The van der Waals surface area contributed by atoms with Crippen molar-refractivity contribution in [2.24, 2.45) is 5.73 Å². The molecule has 0 aliphatic carbocycles. The van der Waals surface area contributed by atoms with Crippen LogP contribution in [0.15, 0.2) is 24.4 Å². The van der Waals surface area contributed by atoms with Gasteiger partial charge in [-0.15, -0.1) is 0 Å². The van der Waals surface area contributed by atoms with Gasteiger partial charge in [-0.2, -0.15) is 5.10 Å². The summed E-state index contributed by atoms with van der Waals surface area (Å²) in [7, 11) is 0. The van der Waals surface area contributed by atoms with Gasteiger partial charge in [0, 0.05) is 21.7 Å². The molecule has 1 saturated heterocycles. The highest BCUT2D eigenvalue weighted by Crippen LogP contribution is 2.34. The lowest BCUT2D eigenvalue weighted by Gasteiger charge is -2.23. The van der Waals surface area contributed by atoms with Crippen molar-refractivity contribution in [2.75, 3.05) is 6.61 Å². The Bertz CT molecular complexity index is 1090. The molecule has 1 aromatic carbocycles. The predicted molar refractivity (Wildman–Crippen MR) is 97.9 cm³/mol. The first kappa shape index (κ1) is 13.7. The van der Waals surface area contributed by atoms with E-state index in [0.717, 1.165) is 19.3 Å². The molecule has 2 aromatic heterocycles. The molecule has 8 heteroatoms. The third kappa shape index (κ3) is 2.93. The highest BCUT2D eigenvalue weighted by Gasteiger charge is 2.21. The number of primary amides is 1. The van der Waals surface area contributed by atoms with Gasteiger partial charge in [-0.05, 0) is 55.4 Å². The quantitative estimate of drug-likeness (QED) is 0.710. The second-order valence-corrected chi connectivity index (χ2v) is 6.44. The number of ether oxygens (including phenoxy) is 1. The van der Waals surface area contributed by atoms with Crippen LogP contribution in [0.2, 0.25) is 5.28 Å². The summed E-state index contributed by atoms with van der Waals surface area (Å²) in [6.45, 7) is -1.77. The number of halogens is 1. The second kappa shape index (κ2) is 6.66. The monoisotopic (exact) mass is 374 g/mol. The van der Waals surface area contributed by atoms with Crippen LogP contribution in [0.25, 0.3) is 22.2 Å². The SMILES string of the molecule is [2H]C([2H])([2H])c1ccc2c(cnn2C2CCCCO2)c1-c1cc(C(N)=O)nc(Cl)n1. The van der Waals surface area contributed by atoms with Gasteiger partial charge >= 0.3 is 0 Å². The fourth-order valence-electron chi connectivity index (χ4n) is 3.22. The second-order valence-electron chi connectivity index (χ2n) is 6.10. The van der Waals surface area contributed by atoms with Crippen LogP contribution in [0.5, 0.6) is 0 Å². The molecule has 1 fully saturated rings. The molecule has 1 aliphatic rings. The molecule has 1 amide bonds. The van der Waals surface area contributed by atoms with Crippen molar-refractivity contribution in [1.82, 2.24) is 19.7 Å². The van der Waals surface area contributed by atoms with Gasteiger partial charge in [-0.3, -0.25) is 4.79 Å². The Hall–Kier alpha value is -2.51. The molecule has 0 radical (unpaired) electrons. The molecule has 3 heterocycles. The fourth-order valence-corrected chi connectivity index (χ4v) is 3.40. The van der Waals surface area contributed by atoms with E-state index in [4.69, 9.17) is 26.2 Å².